The normalized spacial score (nSPS) is 20.7. The van der Waals surface area contributed by atoms with Gasteiger partial charge in [0.1, 0.15) is 11.6 Å². The molecule has 5 nitrogen and oxygen atoms in total. The lowest BCUT2D eigenvalue weighted by atomic mass is 9.98. The first-order chi connectivity index (χ1) is 8.67. The molecule has 1 saturated heterocycles. The van der Waals surface area contributed by atoms with Gasteiger partial charge in [-0.25, -0.2) is 4.98 Å². The Morgan fingerprint density at radius 2 is 2.33 bits per heavy atom. The number of likely N-dealkylation sites (tertiary alicyclic amines) is 1. The molecule has 0 amide bonds. The van der Waals surface area contributed by atoms with Gasteiger partial charge in [0.05, 0.1) is 7.11 Å². The number of piperidine rings is 1. The monoisotopic (exact) mass is 250 g/mol. The van der Waals surface area contributed by atoms with E-state index in [1.165, 1.54) is 19.4 Å². The summed E-state index contributed by atoms with van der Waals surface area (Å²) in [5.74, 6) is 2.90. The molecule has 0 radical (unpaired) electrons. The van der Waals surface area contributed by atoms with Crippen molar-refractivity contribution in [3.05, 3.63) is 11.9 Å². The molecular weight excluding hydrogens is 228 g/mol. The molecule has 1 atom stereocenters. The third-order valence-corrected chi connectivity index (χ3v) is 3.32. The number of anilines is 1. The predicted molar refractivity (Wildman–Crippen MR) is 72.0 cm³/mol. The van der Waals surface area contributed by atoms with E-state index in [4.69, 9.17) is 4.74 Å². The number of nitrogens with zero attached hydrogens (tertiary/aromatic N) is 3. The molecule has 0 spiro atoms. The number of hydrogen-bond donors (Lipinski definition) is 1. The van der Waals surface area contributed by atoms with E-state index in [1.54, 1.807) is 7.11 Å². The van der Waals surface area contributed by atoms with Gasteiger partial charge in [-0.3, -0.25) is 0 Å². The molecule has 1 N–H and O–H groups in total. The van der Waals surface area contributed by atoms with Gasteiger partial charge >= 0.3 is 0 Å². The molecule has 2 rings (SSSR count). The maximum absolute atomic E-state index is 5.15. The van der Waals surface area contributed by atoms with Crippen LogP contribution in [0.25, 0.3) is 0 Å². The topological polar surface area (TPSA) is 50.3 Å². The van der Waals surface area contributed by atoms with Crippen LogP contribution < -0.4 is 10.1 Å². The number of ether oxygens (including phenoxy) is 1. The van der Waals surface area contributed by atoms with Crippen molar-refractivity contribution in [3.8, 4) is 5.88 Å². The Morgan fingerprint density at radius 3 is 3.06 bits per heavy atom. The summed E-state index contributed by atoms with van der Waals surface area (Å²) >= 11 is 0. The first-order valence-electron chi connectivity index (χ1n) is 6.49. The highest BCUT2D eigenvalue weighted by atomic mass is 16.5. The van der Waals surface area contributed by atoms with Crippen molar-refractivity contribution < 1.29 is 4.74 Å². The summed E-state index contributed by atoms with van der Waals surface area (Å²) in [4.78, 5) is 10.9. The number of aryl methyl sites for hydroxylation is 1. The zero-order chi connectivity index (χ0) is 13.0. The van der Waals surface area contributed by atoms with Crippen LogP contribution in [0, 0.1) is 12.8 Å². The summed E-state index contributed by atoms with van der Waals surface area (Å²) in [5, 5.41) is 3.39. The smallest absolute Gasteiger partial charge is 0.218 e. The van der Waals surface area contributed by atoms with Gasteiger partial charge in [0.15, 0.2) is 0 Å². The minimum atomic E-state index is 0.616. The quantitative estimate of drug-likeness (QED) is 0.878. The highest BCUT2D eigenvalue weighted by Crippen LogP contribution is 2.17. The van der Waals surface area contributed by atoms with Gasteiger partial charge in [-0.2, -0.15) is 4.98 Å². The maximum atomic E-state index is 5.15. The highest BCUT2D eigenvalue weighted by molar-refractivity contribution is 5.38. The molecule has 1 fully saturated rings. The van der Waals surface area contributed by atoms with Crippen LogP contribution >= 0.6 is 0 Å². The Hall–Kier alpha value is -1.36. The molecule has 0 saturated carbocycles. The van der Waals surface area contributed by atoms with Crippen molar-refractivity contribution in [2.24, 2.45) is 5.92 Å². The van der Waals surface area contributed by atoms with E-state index in [2.05, 4.69) is 27.2 Å². The summed E-state index contributed by atoms with van der Waals surface area (Å²) in [6.07, 6.45) is 2.58. The van der Waals surface area contributed by atoms with E-state index in [1.807, 2.05) is 13.0 Å². The van der Waals surface area contributed by atoms with E-state index in [0.29, 0.717) is 11.8 Å². The van der Waals surface area contributed by atoms with Gasteiger partial charge < -0.3 is 15.0 Å². The fraction of sp³-hybridized carbons (Fsp3) is 0.692. The standard InChI is InChI=1S/C13H22N4O/c1-10-15-12(7-13(16-10)18-3)14-8-11-5-4-6-17(2)9-11/h7,11H,4-6,8-9H2,1-3H3,(H,14,15,16). The Kier molecular flexibility index (Phi) is 4.36. The van der Waals surface area contributed by atoms with E-state index < -0.39 is 0 Å². The molecule has 2 heterocycles. The van der Waals surface area contributed by atoms with Crippen molar-refractivity contribution in [1.29, 1.82) is 0 Å². The first kappa shape index (κ1) is 13.1. The molecule has 100 valence electrons. The van der Waals surface area contributed by atoms with E-state index in [0.717, 1.165) is 24.7 Å². The molecule has 1 aliphatic heterocycles. The van der Waals surface area contributed by atoms with Gasteiger partial charge in [-0.15, -0.1) is 0 Å². The van der Waals surface area contributed by atoms with Crippen LogP contribution in [0.1, 0.15) is 18.7 Å². The second-order valence-electron chi connectivity index (χ2n) is 4.99. The van der Waals surface area contributed by atoms with E-state index in [-0.39, 0.29) is 0 Å². The average Bonchev–Trinajstić information content (AvgIpc) is 2.36. The van der Waals surface area contributed by atoms with Crippen LogP contribution in [0.5, 0.6) is 5.88 Å². The molecular formula is C13H22N4O. The van der Waals surface area contributed by atoms with E-state index >= 15 is 0 Å². The van der Waals surface area contributed by atoms with Gasteiger partial charge in [0, 0.05) is 19.2 Å². The zero-order valence-corrected chi connectivity index (χ0v) is 11.4. The van der Waals surface area contributed by atoms with Gasteiger partial charge in [0.2, 0.25) is 5.88 Å². The third-order valence-electron chi connectivity index (χ3n) is 3.32. The minimum Gasteiger partial charge on any atom is -0.481 e. The molecule has 18 heavy (non-hydrogen) atoms. The number of nitrogens with one attached hydrogen (secondary N) is 1. The van der Waals surface area contributed by atoms with Crippen molar-refractivity contribution in [1.82, 2.24) is 14.9 Å². The molecule has 1 aromatic heterocycles. The van der Waals surface area contributed by atoms with E-state index in [9.17, 15) is 0 Å². The van der Waals surface area contributed by atoms with Crippen LogP contribution in [-0.4, -0.2) is 48.7 Å². The Balaban J connectivity index is 1.91. The summed E-state index contributed by atoms with van der Waals surface area (Å²) in [6.45, 7) is 5.22. The fourth-order valence-electron chi connectivity index (χ4n) is 2.42. The molecule has 0 aromatic carbocycles. The molecule has 1 unspecified atom stereocenters. The number of rotatable bonds is 4. The maximum Gasteiger partial charge on any atom is 0.218 e. The highest BCUT2D eigenvalue weighted by Gasteiger charge is 2.17. The summed E-state index contributed by atoms with van der Waals surface area (Å²) in [5.41, 5.74) is 0. The largest absolute Gasteiger partial charge is 0.481 e. The lowest BCUT2D eigenvalue weighted by molar-refractivity contribution is 0.217. The predicted octanol–water partition coefficient (Wildman–Crippen LogP) is 1.55. The lowest BCUT2D eigenvalue weighted by Crippen LogP contribution is -2.35. The Bertz CT molecular complexity index is 397. The number of aromatic nitrogens is 2. The third kappa shape index (κ3) is 3.57. The summed E-state index contributed by atoms with van der Waals surface area (Å²) in [6, 6.07) is 1.85. The molecule has 1 aromatic rings. The van der Waals surface area contributed by atoms with Crippen LogP contribution in [0.4, 0.5) is 5.82 Å². The van der Waals surface area contributed by atoms with Crippen molar-refractivity contribution in [3.63, 3.8) is 0 Å². The Labute approximate surface area is 109 Å². The van der Waals surface area contributed by atoms with Crippen molar-refractivity contribution in [2.45, 2.75) is 19.8 Å². The van der Waals surface area contributed by atoms with Crippen LogP contribution in [0.2, 0.25) is 0 Å². The molecule has 1 aliphatic rings. The zero-order valence-electron chi connectivity index (χ0n) is 11.4. The van der Waals surface area contributed by atoms with Crippen LogP contribution in [0.3, 0.4) is 0 Å². The Morgan fingerprint density at radius 1 is 1.50 bits per heavy atom. The molecule has 0 bridgehead atoms. The average molecular weight is 250 g/mol. The van der Waals surface area contributed by atoms with Crippen LogP contribution in [-0.2, 0) is 0 Å². The van der Waals surface area contributed by atoms with Gasteiger partial charge in [0.25, 0.3) is 0 Å². The second kappa shape index (κ2) is 6.00. The summed E-state index contributed by atoms with van der Waals surface area (Å²) in [7, 11) is 3.81. The van der Waals surface area contributed by atoms with Gasteiger partial charge in [-0.05, 0) is 39.3 Å². The number of methoxy groups -OCH3 is 1. The van der Waals surface area contributed by atoms with Gasteiger partial charge in [-0.1, -0.05) is 0 Å². The van der Waals surface area contributed by atoms with Crippen LogP contribution in [0.15, 0.2) is 6.07 Å². The molecule has 5 heteroatoms. The molecule has 0 aliphatic carbocycles. The SMILES string of the molecule is COc1cc(NCC2CCCN(C)C2)nc(C)n1. The minimum absolute atomic E-state index is 0.616. The number of hydrogen-bond acceptors (Lipinski definition) is 5. The van der Waals surface area contributed by atoms with Crippen molar-refractivity contribution in [2.75, 3.05) is 39.1 Å². The fourth-order valence-corrected chi connectivity index (χ4v) is 2.42. The second-order valence-corrected chi connectivity index (χ2v) is 4.99. The van der Waals surface area contributed by atoms with Crippen molar-refractivity contribution >= 4 is 5.82 Å². The first-order valence-corrected chi connectivity index (χ1v) is 6.49. The summed E-state index contributed by atoms with van der Waals surface area (Å²) < 4.78 is 5.15. The lowest BCUT2D eigenvalue weighted by Gasteiger charge is -2.29.